The van der Waals surface area contributed by atoms with Crippen LogP contribution in [0, 0.1) is 5.92 Å². The van der Waals surface area contributed by atoms with Crippen LogP contribution in [-0.2, 0) is 9.53 Å². The first kappa shape index (κ1) is 11.2. The van der Waals surface area contributed by atoms with Gasteiger partial charge in [-0.1, -0.05) is 12.2 Å². The molecule has 0 aromatic carbocycles. The van der Waals surface area contributed by atoms with Gasteiger partial charge in [0.2, 0.25) is 0 Å². The molecule has 3 nitrogen and oxygen atoms in total. The van der Waals surface area contributed by atoms with Crippen LogP contribution in [0.15, 0.2) is 12.2 Å². The van der Waals surface area contributed by atoms with Crippen molar-refractivity contribution in [2.75, 3.05) is 20.2 Å². The number of ether oxygens (including phenoxy) is 1. The Hall–Kier alpha value is -0.830. The summed E-state index contributed by atoms with van der Waals surface area (Å²) >= 11 is 0. The Labute approximate surface area is 85.5 Å². The molecule has 1 aliphatic rings. The maximum atomic E-state index is 10.8. The minimum Gasteiger partial charge on any atom is -0.469 e. The van der Waals surface area contributed by atoms with Gasteiger partial charge < -0.3 is 10.1 Å². The van der Waals surface area contributed by atoms with E-state index in [-0.39, 0.29) is 5.97 Å². The number of hydrogen-bond acceptors (Lipinski definition) is 3. The lowest BCUT2D eigenvalue weighted by molar-refractivity contribution is -0.140. The van der Waals surface area contributed by atoms with E-state index >= 15 is 0 Å². The van der Waals surface area contributed by atoms with Crippen molar-refractivity contribution in [3.63, 3.8) is 0 Å². The van der Waals surface area contributed by atoms with Gasteiger partial charge in [0.05, 0.1) is 7.11 Å². The summed E-state index contributed by atoms with van der Waals surface area (Å²) in [7, 11) is 1.43. The number of unbranched alkanes of at least 4 members (excludes halogenated alkanes) is 1. The maximum Gasteiger partial charge on any atom is 0.305 e. The predicted octanol–water partition coefficient (Wildman–Crippen LogP) is 1.50. The van der Waals surface area contributed by atoms with E-state index in [2.05, 4.69) is 22.2 Å². The normalized spacial score (nSPS) is 21.6. The molecule has 0 aromatic rings. The highest BCUT2D eigenvalue weighted by Gasteiger charge is 2.09. The SMILES string of the molecule is COC(=O)CCC/C=C\C1CCNC1. The quantitative estimate of drug-likeness (QED) is 0.412. The van der Waals surface area contributed by atoms with Gasteiger partial charge in [0, 0.05) is 13.0 Å². The monoisotopic (exact) mass is 197 g/mol. The Morgan fingerprint density at radius 1 is 1.64 bits per heavy atom. The largest absolute Gasteiger partial charge is 0.469 e. The van der Waals surface area contributed by atoms with Gasteiger partial charge >= 0.3 is 5.97 Å². The molecule has 1 rings (SSSR count). The lowest BCUT2D eigenvalue weighted by Crippen LogP contribution is -2.07. The average Bonchev–Trinajstić information content (AvgIpc) is 2.69. The fraction of sp³-hybridized carbons (Fsp3) is 0.727. The summed E-state index contributed by atoms with van der Waals surface area (Å²) in [5, 5.41) is 3.32. The molecule has 0 aromatic heterocycles. The molecule has 0 bridgehead atoms. The van der Waals surface area contributed by atoms with Gasteiger partial charge in [-0.05, 0) is 31.7 Å². The second-order valence-corrected chi connectivity index (χ2v) is 3.65. The fourth-order valence-corrected chi connectivity index (χ4v) is 1.60. The van der Waals surface area contributed by atoms with E-state index in [1.54, 1.807) is 0 Å². The first-order valence-corrected chi connectivity index (χ1v) is 5.27. The number of rotatable bonds is 5. The highest BCUT2D eigenvalue weighted by Crippen LogP contribution is 2.09. The van der Waals surface area contributed by atoms with Crippen LogP contribution in [0.2, 0.25) is 0 Å². The fourth-order valence-electron chi connectivity index (χ4n) is 1.60. The van der Waals surface area contributed by atoms with Crippen LogP contribution in [0.5, 0.6) is 0 Å². The molecule has 1 heterocycles. The highest BCUT2D eigenvalue weighted by molar-refractivity contribution is 5.68. The zero-order chi connectivity index (χ0) is 10.2. The summed E-state index contributed by atoms with van der Waals surface area (Å²) in [5.41, 5.74) is 0. The summed E-state index contributed by atoms with van der Waals surface area (Å²) in [5.74, 6) is 0.592. The second kappa shape index (κ2) is 6.60. The Kier molecular flexibility index (Phi) is 5.30. The summed E-state index contributed by atoms with van der Waals surface area (Å²) in [4.78, 5) is 10.8. The third-order valence-corrected chi connectivity index (χ3v) is 2.49. The van der Waals surface area contributed by atoms with E-state index in [9.17, 15) is 4.79 Å². The molecule has 1 N–H and O–H groups in total. The topological polar surface area (TPSA) is 38.3 Å². The Bertz CT molecular complexity index is 195. The van der Waals surface area contributed by atoms with E-state index in [4.69, 9.17) is 0 Å². The van der Waals surface area contributed by atoms with Crippen LogP contribution in [0.25, 0.3) is 0 Å². The van der Waals surface area contributed by atoms with Crippen LogP contribution in [0.1, 0.15) is 25.7 Å². The lowest BCUT2D eigenvalue weighted by Gasteiger charge is -1.99. The molecule has 14 heavy (non-hydrogen) atoms. The molecule has 0 radical (unpaired) electrons. The lowest BCUT2D eigenvalue weighted by atomic mass is 10.1. The van der Waals surface area contributed by atoms with Gasteiger partial charge in [0.15, 0.2) is 0 Å². The number of hydrogen-bond donors (Lipinski definition) is 1. The smallest absolute Gasteiger partial charge is 0.305 e. The summed E-state index contributed by atoms with van der Waals surface area (Å²) in [6.45, 7) is 2.24. The number of allylic oxidation sites excluding steroid dienone is 1. The van der Waals surface area contributed by atoms with Crippen LogP contribution in [0.3, 0.4) is 0 Å². The molecule has 0 aliphatic carbocycles. The van der Waals surface area contributed by atoms with Crippen LogP contribution >= 0.6 is 0 Å². The van der Waals surface area contributed by atoms with Crippen molar-refractivity contribution in [1.29, 1.82) is 0 Å². The molecule has 1 saturated heterocycles. The molecule has 1 fully saturated rings. The number of nitrogens with one attached hydrogen (secondary N) is 1. The molecular weight excluding hydrogens is 178 g/mol. The second-order valence-electron chi connectivity index (χ2n) is 3.65. The van der Waals surface area contributed by atoms with Crippen LogP contribution in [-0.4, -0.2) is 26.2 Å². The van der Waals surface area contributed by atoms with Gasteiger partial charge in [0.25, 0.3) is 0 Å². The number of carbonyl (C=O) groups excluding carboxylic acids is 1. The van der Waals surface area contributed by atoms with Gasteiger partial charge in [-0.25, -0.2) is 0 Å². The van der Waals surface area contributed by atoms with Crippen molar-refractivity contribution >= 4 is 5.97 Å². The molecule has 3 heteroatoms. The maximum absolute atomic E-state index is 10.8. The van der Waals surface area contributed by atoms with Crippen molar-refractivity contribution in [2.24, 2.45) is 5.92 Å². The molecule has 1 atom stereocenters. The first-order chi connectivity index (χ1) is 6.83. The average molecular weight is 197 g/mol. The highest BCUT2D eigenvalue weighted by atomic mass is 16.5. The predicted molar refractivity (Wildman–Crippen MR) is 56.0 cm³/mol. The summed E-state index contributed by atoms with van der Waals surface area (Å²) in [6, 6.07) is 0. The summed E-state index contributed by atoms with van der Waals surface area (Å²) < 4.78 is 4.56. The van der Waals surface area contributed by atoms with Crippen molar-refractivity contribution in [2.45, 2.75) is 25.7 Å². The molecular formula is C11H19NO2. The van der Waals surface area contributed by atoms with E-state index in [0.29, 0.717) is 12.3 Å². The van der Waals surface area contributed by atoms with Gasteiger partial charge in [-0.2, -0.15) is 0 Å². The number of carbonyl (C=O) groups is 1. The third-order valence-electron chi connectivity index (χ3n) is 2.49. The summed E-state index contributed by atoms with van der Waals surface area (Å²) in [6.07, 6.45) is 8.09. The Balaban J connectivity index is 1.99. The molecule has 0 saturated carbocycles. The van der Waals surface area contributed by atoms with E-state index in [1.807, 2.05) is 0 Å². The molecule has 0 amide bonds. The molecule has 0 spiro atoms. The number of methoxy groups -OCH3 is 1. The van der Waals surface area contributed by atoms with Gasteiger partial charge in [-0.3, -0.25) is 4.79 Å². The minimum atomic E-state index is -0.110. The Morgan fingerprint density at radius 3 is 3.14 bits per heavy atom. The van der Waals surface area contributed by atoms with Crippen molar-refractivity contribution < 1.29 is 9.53 Å². The number of esters is 1. The molecule has 80 valence electrons. The van der Waals surface area contributed by atoms with Crippen molar-refractivity contribution in [1.82, 2.24) is 5.32 Å². The minimum absolute atomic E-state index is 0.110. The zero-order valence-electron chi connectivity index (χ0n) is 8.79. The van der Waals surface area contributed by atoms with Gasteiger partial charge in [0.1, 0.15) is 0 Å². The third kappa shape index (κ3) is 4.42. The van der Waals surface area contributed by atoms with Crippen LogP contribution in [0.4, 0.5) is 0 Å². The zero-order valence-corrected chi connectivity index (χ0v) is 8.79. The molecule has 1 unspecified atom stereocenters. The first-order valence-electron chi connectivity index (χ1n) is 5.27. The van der Waals surface area contributed by atoms with Gasteiger partial charge in [-0.15, -0.1) is 0 Å². The standard InChI is InChI=1S/C11H19NO2/c1-14-11(13)6-4-2-3-5-10-7-8-12-9-10/h3,5,10,12H,2,4,6-9H2,1H3/b5-3-. The van der Waals surface area contributed by atoms with E-state index in [0.717, 1.165) is 25.9 Å². The van der Waals surface area contributed by atoms with Crippen LogP contribution < -0.4 is 5.32 Å². The Morgan fingerprint density at radius 2 is 2.50 bits per heavy atom. The van der Waals surface area contributed by atoms with Crippen molar-refractivity contribution in [3.05, 3.63) is 12.2 Å². The van der Waals surface area contributed by atoms with E-state index in [1.165, 1.54) is 13.5 Å². The van der Waals surface area contributed by atoms with Crippen molar-refractivity contribution in [3.8, 4) is 0 Å². The van der Waals surface area contributed by atoms with E-state index < -0.39 is 0 Å². The molecule has 1 aliphatic heterocycles.